The van der Waals surface area contributed by atoms with Crippen LogP contribution in [0.2, 0.25) is 0 Å². The van der Waals surface area contributed by atoms with E-state index in [1.807, 2.05) is 24.3 Å². The van der Waals surface area contributed by atoms with Crippen LogP contribution >= 0.6 is 0 Å². The minimum absolute atomic E-state index is 0.0487. The number of benzene rings is 1. The molecule has 2 rings (SSSR count). The van der Waals surface area contributed by atoms with E-state index in [0.29, 0.717) is 12.5 Å². The van der Waals surface area contributed by atoms with Gasteiger partial charge >= 0.3 is 0 Å². The van der Waals surface area contributed by atoms with Gasteiger partial charge in [-0.1, -0.05) is 32.0 Å². The van der Waals surface area contributed by atoms with Gasteiger partial charge in [-0.15, -0.1) is 0 Å². The zero-order chi connectivity index (χ0) is 12.4. The van der Waals surface area contributed by atoms with E-state index in [1.165, 1.54) is 0 Å². The van der Waals surface area contributed by atoms with Gasteiger partial charge < -0.3 is 10.6 Å². The van der Waals surface area contributed by atoms with Crippen molar-refractivity contribution in [3.05, 3.63) is 29.8 Å². The fraction of sp³-hybridized carbons (Fsp3) is 0.500. The second kappa shape index (κ2) is 4.78. The highest BCUT2D eigenvalue weighted by molar-refractivity contribution is 5.88. The van der Waals surface area contributed by atoms with Crippen molar-refractivity contribution in [2.24, 2.45) is 5.92 Å². The van der Waals surface area contributed by atoms with Crippen molar-refractivity contribution in [1.29, 1.82) is 0 Å². The van der Waals surface area contributed by atoms with Crippen LogP contribution in [-0.2, 0) is 4.79 Å². The van der Waals surface area contributed by atoms with E-state index >= 15 is 0 Å². The highest BCUT2D eigenvalue weighted by atomic mass is 16.2. The molecular formula is C14H20N2O. The van der Waals surface area contributed by atoms with Crippen LogP contribution < -0.4 is 10.6 Å². The van der Waals surface area contributed by atoms with Gasteiger partial charge in [0.25, 0.3) is 0 Å². The normalized spacial score (nSPS) is 19.6. The molecule has 2 atom stereocenters. The first-order valence-electron chi connectivity index (χ1n) is 6.22. The zero-order valence-corrected chi connectivity index (χ0v) is 10.7. The lowest BCUT2D eigenvalue weighted by Crippen LogP contribution is -2.39. The molecule has 2 unspecified atom stereocenters. The second-order valence-electron chi connectivity index (χ2n) is 5.06. The molecule has 1 heterocycles. The number of amides is 1. The van der Waals surface area contributed by atoms with Crippen molar-refractivity contribution >= 4 is 11.6 Å². The Labute approximate surface area is 103 Å². The van der Waals surface area contributed by atoms with Crippen molar-refractivity contribution in [2.45, 2.75) is 32.7 Å². The first kappa shape index (κ1) is 12.0. The van der Waals surface area contributed by atoms with Gasteiger partial charge in [-0.2, -0.15) is 0 Å². The Balaban J connectivity index is 2.08. The molecule has 0 aromatic heterocycles. The van der Waals surface area contributed by atoms with Crippen molar-refractivity contribution in [2.75, 3.05) is 11.9 Å². The summed E-state index contributed by atoms with van der Waals surface area (Å²) in [6, 6.07) is 8.24. The van der Waals surface area contributed by atoms with Gasteiger partial charge in [-0.25, -0.2) is 0 Å². The summed E-state index contributed by atoms with van der Waals surface area (Å²) in [5.41, 5.74) is 2.20. The predicted molar refractivity (Wildman–Crippen MR) is 70.1 cm³/mol. The maximum absolute atomic E-state index is 12.2. The number of para-hydroxylation sites is 1. The van der Waals surface area contributed by atoms with Crippen LogP contribution in [0.25, 0.3) is 0 Å². The average molecular weight is 232 g/mol. The number of fused-ring (bicyclic) bond motifs is 1. The number of rotatable bonds is 3. The number of carbonyl (C=O) groups is 1. The van der Waals surface area contributed by atoms with Crippen molar-refractivity contribution < 1.29 is 4.79 Å². The van der Waals surface area contributed by atoms with Gasteiger partial charge in [0.05, 0.1) is 5.92 Å². The molecule has 1 aromatic carbocycles. The van der Waals surface area contributed by atoms with E-state index in [0.717, 1.165) is 11.3 Å². The molecule has 2 N–H and O–H groups in total. The quantitative estimate of drug-likeness (QED) is 0.840. The Morgan fingerprint density at radius 2 is 2.06 bits per heavy atom. The molecule has 0 radical (unpaired) electrons. The summed E-state index contributed by atoms with van der Waals surface area (Å²) in [5.74, 6) is 0.541. The molecule has 1 aliphatic rings. The lowest BCUT2D eigenvalue weighted by atomic mass is 9.99. The average Bonchev–Trinajstić information content (AvgIpc) is 2.72. The molecule has 0 fully saturated rings. The van der Waals surface area contributed by atoms with Crippen molar-refractivity contribution in [3.8, 4) is 0 Å². The van der Waals surface area contributed by atoms with Gasteiger partial charge in [0, 0.05) is 18.3 Å². The Kier molecular flexibility index (Phi) is 3.36. The van der Waals surface area contributed by atoms with E-state index in [-0.39, 0.29) is 17.9 Å². The SMILES string of the molecule is CC(C)C(C)NC(=O)C1CNc2ccccc21. The van der Waals surface area contributed by atoms with E-state index in [4.69, 9.17) is 0 Å². The minimum atomic E-state index is -0.0487. The lowest BCUT2D eigenvalue weighted by Gasteiger charge is -2.20. The molecule has 92 valence electrons. The molecule has 1 aliphatic heterocycles. The van der Waals surface area contributed by atoms with Gasteiger partial charge in [-0.05, 0) is 24.5 Å². The maximum Gasteiger partial charge on any atom is 0.229 e. The Bertz CT molecular complexity index is 414. The standard InChI is InChI=1S/C14H20N2O/c1-9(2)10(3)16-14(17)12-8-15-13-7-5-4-6-11(12)13/h4-7,9-10,12,15H,8H2,1-3H3,(H,16,17). The first-order chi connectivity index (χ1) is 8.09. The highest BCUT2D eigenvalue weighted by Gasteiger charge is 2.28. The summed E-state index contributed by atoms with van der Waals surface area (Å²) in [6.45, 7) is 6.99. The molecule has 0 saturated carbocycles. The van der Waals surface area contributed by atoms with Crippen LogP contribution in [0.4, 0.5) is 5.69 Å². The maximum atomic E-state index is 12.2. The number of anilines is 1. The lowest BCUT2D eigenvalue weighted by molar-refractivity contribution is -0.123. The molecule has 0 spiro atoms. The summed E-state index contributed by atoms with van der Waals surface area (Å²) in [6.07, 6.45) is 0. The summed E-state index contributed by atoms with van der Waals surface area (Å²) in [5, 5.41) is 6.36. The van der Waals surface area contributed by atoms with E-state index in [1.54, 1.807) is 0 Å². The monoisotopic (exact) mass is 232 g/mol. The topological polar surface area (TPSA) is 41.1 Å². The van der Waals surface area contributed by atoms with Crippen LogP contribution in [0.1, 0.15) is 32.3 Å². The van der Waals surface area contributed by atoms with Gasteiger partial charge in [0.2, 0.25) is 5.91 Å². The molecule has 3 nitrogen and oxygen atoms in total. The number of nitrogens with one attached hydrogen (secondary N) is 2. The summed E-state index contributed by atoms with van der Waals surface area (Å²) < 4.78 is 0. The van der Waals surface area contributed by atoms with Crippen LogP contribution in [0.5, 0.6) is 0 Å². The Hall–Kier alpha value is -1.51. The minimum Gasteiger partial charge on any atom is -0.384 e. The molecule has 1 amide bonds. The highest BCUT2D eigenvalue weighted by Crippen LogP contribution is 2.31. The molecular weight excluding hydrogens is 212 g/mol. The van der Waals surface area contributed by atoms with Crippen LogP contribution in [-0.4, -0.2) is 18.5 Å². The van der Waals surface area contributed by atoms with Crippen LogP contribution in [0, 0.1) is 5.92 Å². The summed E-state index contributed by atoms with van der Waals surface area (Å²) in [4.78, 5) is 12.2. The molecule has 3 heteroatoms. The smallest absolute Gasteiger partial charge is 0.229 e. The van der Waals surface area contributed by atoms with Crippen molar-refractivity contribution in [1.82, 2.24) is 5.32 Å². The second-order valence-corrected chi connectivity index (χ2v) is 5.06. The van der Waals surface area contributed by atoms with Gasteiger partial charge in [-0.3, -0.25) is 4.79 Å². The third kappa shape index (κ3) is 2.43. The third-order valence-corrected chi connectivity index (χ3v) is 3.52. The predicted octanol–water partition coefficient (Wildman–Crippen LogP) is 2.36. The molecule has 17 heavy (non-hydrogen) atoms. The molecule has 0 saturated heterocycles. The van der Waals surface area contributed by atoms with Crippen LogP contribution in [0.15, 0.2) is 24.3 Å². The van der Waals surface area contributed by atoms with Crippen LogP contribution in [0.3, 0.4) is 0 Å². The fourth-order valence-corrected chi connectivity index (χ4v) is 2.01. The van der Waals surface area contributed by atoms with Gasteiger partial charge in [0.1, 0.15) is 0 Å². The Morgan fingerprint density at radius 3 is 2.76 bits per heavy atom. The summed E-state index contributed by atoms with van der Waals surface area (Å²) in [7, 11) is 0. The first-order valence-corrected chi connectivity index (χ1v) is 6.22. The largest absolute Gasteiger partial charge is 0.384 e. The molecule has 0 aliphatic carbocycles. The molecule has 0 bridgehead atoms. The van der Waals surface area contributed by atoms with Crippen molar-refractivity contribution in [3.63, 3.8) is 0 Å². The van der Waals surface area contributed by atoms with Gasteiger partial charge in [0.15, 0.2) is 0 Å². The van der Waals surface area contributed by atoms with E-state index < -0.39 is 0 Å². The zero-order valence-electron chi connectivity index (χ0n) is 10.7. The number of carbonyl (C=O) groups excluding carboxylic acids is 1. The fourth-order valence-electron chi connectivity index (χ4n) is 2.01. The van der Waals surface area contributed by atoms with E-state index in [9.17, 15) is 4.79 Å². The Morgan fingerprint density at radius 1 is 1.35 bits per heavy atom. The number of hydrogen-bond acceptors (Lipinski definition) is 2. The number of hydrogen-bond donors (Lipinski definition) is 2. The third-order valence-electron chi connectivity index (χ3n) is 3.52. The molecule has 1 aromatic rings. The summed E-state index contributed by atoms with van der Waals surface area (Å²) >= 11 is 0. The van der Waals surface area contributed by atoms with E-state index in [2.05, 4.69) is 31.4 Å².